The van der Waals surface area contributed by atoms with Crippen LogP contribution in [0.4, 0.5) is 5.82 Å². The number of pyridine rings is 1. The van der Waals surface area contributed by atoms with Gasteiger partial charge in [-0.25, -0.2) is 4.98 Å². The van der Waals surface area contributed by atoms with Gasteiger partial charge in [-0.05, 0) is 54.0 Å². The molecule has 0 saturated carbocycles. The number of nitrogens with two attached hydrogens (primary N) is 1. The third-order valence-electron chi connectivity index (χ3n) is 5.30. The fourth-order valence-corrected chi connectivity index (χ4v) is 3.97. The van der Waals surface area contributed by atoms with Crippen LogP contribution in [-0.4, -0.2) is 22.0 Å². The van der Waals surface area contributed by atoms with Crippen LogP contribution in [0.25, 0.3) is 22.3 Å². The molecule has 2 aromatic heterocycles. The molecule has 6 heteroatoms. The average molecular weight is 336 g/mol. The zero-order valence-corrected chi connectivity index (χ0v) is 14.3. The van der Waals surface area contributed by atoms with Crippen molar-refractivity contribution in [3.63, 3.8) is 0 Å². The number of fused-ring (bicyclic) bond motifs is 4. The number of nitrogen functional groups attached to an aromatic ring is 1. The Kier molecular flexibility index (Phi) is 2.84. The van der Waals surface area contributed by atoms with Gasteiger partial charge in [0, 0.05) is 5.56 Å². The van der Waals surface area contributed by atoms with Crippen LogP contribution in [-0.2, 0) is 12.8 Å². The van der Waals surface area contributed by atoms with Crippen molar-refractivity contribution in [1.82, 2.24) is 15.2 Å². The van der Waals surface area contributed by atoms with Crippen molar-refractivity contribution in [2.75, 3.05) is 12.5 Å². The molecule has 6 nitrogen and oxygen atoms in total. The van der Waals surface area contributed by atoms with Gasteiger partial charge in [-0.2, -0.15) is 5.10 Å². The minimum Gasteiger partial charge on any atom is -0.454 e. The first kappa shape index (κ1) is 14.6. The molecule has 3 N–H and O–H groups in total. The van der Waals surface area contributed by atoms with E-state index < -0.39 is 0 Å². The Morgan fingerprint density at radius 2 is 2.00 bits per heavy atom. The summed E-state index contributed by atoms with van der Waals surface area (Å²) in [4.78, 5) is 4.83. The van der Waals surface area contributed by atoms with Gasteiger partial charge in [-0.1, -0.05) is 13.8 Å². The number of nitrogens with one attached hydrogen (secondary N) is 1. The van der Waals surface area contributed by atoms with E-state index in [2.05, 4.69) is 24.0 Å². The van der Waals surface area contributed by atoms with E-state index in [0.29, 0.717) is 11.5 Å². The van der Waals surface area contributed by atoms with Gasteiger partial charge in [-0.15, -0.1) is 0 Å². The van der Waals surface area contributed by atoms with Gasteiger partial charge < -0.3 is 15.2 Å². The van der Waals surface area contributed by atoms with Gasteiger partial charge in [0.15, 0.2) is 17.1 Å². The number of rotatable bonds is 1. The highest BCUT2D eigenvalue weighted by atomic mass is 16.7. The Morgan fingerprint density at radius 1 is 1.16 bits per heavy atom. The van der Waals surface area contributed by atoms with Crippen molar-refractivity contribution < 1.29 is 9.47 Å². The zero-order valence-electron chi connectivity index (χ0n) is 14.3. The molecule has 1 aromatic carbocycles. The van der Waals surface area contributed by atoms with Crippen molar-refractivity contribution in [2.45, 2.75) is 33.1 Å². The van der Waals surface area contributed by atoms with Crippen LogP contribution in [0.1, 0.15) is 31.4 Å². The largest absolute Gasteiger partial charge is 0.454 e. The van der Waals surface area contributed by atoms with Crippen LogP contribution >= 0.6 is 0 Å². The number of H-pyrrole nitrogens is 1. The summed E-state index contributed by atoms with van der Waals surface area (Å²) in [5.74, 6) is 2.16. The molecule has 0 atom stereocenters. The molecule has 1 aliphatic heterocycles. The molecule has 0 unspecified atom stereocenters. The van der Waals surface area contributed by atoms with Crippen LogP contribution in [0.5, 0.6) is 11.5 Å². The Balaban J connectivity index is 1.77. The van der Waals surface area contributed by atoms with Gasteiger partial charge >= 0.3 is 0 Å². The SMILES string of the molecule is CC1(C)CCc2c(-c3ccc4c(c3)OCO4)nc3n[nH]c(N)c3c2C1. The van der Waals surface area contributed by atoms with Crippen molar-refractivity contribution in [2.24, 2.45) is 5.41 Å². The van der Waals surface area contributed by atoms with Crippen LogP contribution in [0.3, 0.4) is 0 Å². The minimum absolute atomic E-state index is 0.247. The molecule has 3 heterocycles. The summed E-state index contributed by atoms with van der Waals surface area (Å²) in [6.07, 6.45) is 3.09. The number of aromatic amines is 1. The summed E-state index contributed by atoms with van der Waals surface area (Å²) < 4.78 is 11.0. The topological polar surface area (TPSA) is 86.0 Å². The number of nitrogens with zero attached hydrogens (tertiary/aromatic N) is 2. The summed E-state index contributed by atoms with van der Waals surface area (Å²) in [6.45, 7) is 4.88. The molecular formula is C19H20N4O2. The average Bonchev–Trinajstić information content (AvgIpc) is 3.19. The van der Waals surface area contributed by atoms with Gasteiger partial charge in [0.1, 0.15) is 5.82 Å². The molecule has 0 saturated heterocycles. The number of anilines is 1. The zero-order chi connectivity index (χ0) is 17.2. The quantitative estimate of drug-likeness (QED) is 0.711. The Bertz CT molecular complexity index is 1010. The third-order valence-corrected chi connectivity index (χ3v) is 5.30. The number of hydrogen-bond donors (Lipinski definition) is 2. The van der Waals surface area contributed by atoms with E-state index in [0.717, 1.165) is 47.4 Å². The third kappa shape index (κ3) is 2.17. The van der Waals surface area contributed by atoms with Crippen molar-refractivity contribution in [3.05, 3.63) is 29.3 Å². The van der Waals surface area contributed by atoms with E-state index in [4.69, 9.17) is 20.2 Å². The summed E-state index contributed by atoms with van der Waals surface area (Å²) in [5, 5.41) is 8.19. The van der Waals surface area contributed by atoms with E-state index in [1.54, 1.807) is 0 Å². The molecule has 25 heavy (non-hydrogen) atoms. The van der Waals surface area contributed by atoms with Gasteiger partial charge in [0.25, 0.3) is 0 Å². The lowest BCUT2D eigenvalue weighted by molar-refractivity contribution is 0.174. The predicted molar refractivity (Wildman–Crippen MR) is 95.7 cm³/mol. The maximum Gasteiger partial charge on any atom is 0.231 e. The highest BCUT2D eigenvalue weighted by molar-refractivity contribution is 5.93. The van der Waals surface area contributed by atoms with Gasteiger partial charge in [-0.3, -0.25) is 5.10 Å². The number of hydrogen-bond acceptors (Lipinski definition) is 5. The fraction of sp³-hybridized carbons (Fsp3) is 0.368. The maximum atomic E-state index is 6.16. The molecule has 5 rings (SSSR count). The van der Waals surface area contributed by atoms with E-state index in [1.165, 1.54) is 11.1 Å². The lowest BCUT2D eigenvalue weighted by Crippen LogP contribution is -2.23. The molecule has 2 aliphatic rings. The first-order valence-electron chi connectivity index (χ1n) is 8.57. The van der Waals surface area contributed by atoms with Crippen LogP contribution < -0.4 is 15.2 Å². The summed E-state index contributed by atoms with van der Waals surface area (Å²) in [7, 11) is 0. The molecule has 1 aliphatic carbocycles. The lowest BCUT2D eigenvalue weighted by Gasteiger charge is -2.32. The monoisotopic (exact) mass is 336 g/mol. The number of benzene rings is 1. The smallest absolute Gasteiger partial charge is 0.231 e. The lowest BCUT2D eigenvalue weighted by atomic mass is 9.73. The molecule has 0 bridgehead atoms. The van der Waals surface area contributed by atoms with Crippen molar-refractivity contribution in [1.29, 1.82) is 0 Å². The van der Waals surface area contributed by atoms with E-state index in [-0.39, 0.29) is 12.2 Å². The Labute approximate surface area is 145 Å². The van der Waals surface area contributed by atoms with Crippen molar-refractivity contribution in [3.8, 4) is 22.8 Å². The first-order chi connectivity index (χ1) is 12.0. The molecule has 3 aromatic rings. The molecular weight excluding hydrogens is 316 g/mol. The van der Waals surface area contributed by atoms with Crippen molar-refractivity contribution >= 4 is 16.9 Å². The van der Waals surface area contributed by atoms with E-state index in [1.807, 2.05) is 18.2 Å². The maximum absolute atomic E-state index is 6.16. The standard InChI is InChI=1S/C19H20N4O2/c1-19(2)6-5-11-12(8-19)15-17(20)22-23-18(15)21-16(11)10-3-4-13-14(7-10)25-9-24-13/h3-4,7H,5-6,8-9H2,1-2H3,(H3,20,21,22,23). The second-order valence-electron chi connectivity index (χ2n) is 7.66. The normalized spacial score (nSPS) is 17.7. The summed E-state index contributed by atoms with van der Waals surface area (Å²) in [5.41, 5.74) is 11.6. The van der Waals surface area contributed by atoms with Crippen LogP contribution in [0.15, 0.2) is 18.2 Å². The molecule has 0 spiro atoms. The molecule has 128 valence electrons. The summed E-state index contributed by atoms with van der Waals surface area (Å²) in [6, 6.07) is 5.99. The second-order valence-corrected chi connectivity index (χ2v) is 7.66. The minimum atomic E-state index is 0.247. The number of ether oxygens (including phenoxy) is 2. The highest BCUT2D eigenvalue weighted by Crippen LogP contribution is 2.44. The van der Waals surface area contributed by atoms with Gasteiger partial charge in [0.05, 0.1) is 11.1 Å². The molecule has 0 fully saturated rings. The molecule has 0 amide bonds. The first-order valence-corrected chi connectivity index (χ1v) is 8.57. The van der Waals surface area contributed by atoms with E-state index in [9.17, 15) is 0 Å². The second kappa shape index (κ2) is 4.88. The number of aromatic nitrogens is 3. The van der Waals surface area contributed by atoms with Crippen LogP contribution in [0, 0.1) is 5.41 Å². The highest BCUT2D eigenvalue weighted by Gasteiger charge is 2.31. The predicted octanol–water partition coefficient (Wildman–Crippen LogP) is 3.45. The molecule has 0 radical (unpaired) electrons. The fourth-order valence-electron chi connectivity index (χ4n) is 3.97. The Morgan fingerprint density at radius 3 is 2.88 bits per heavy atom. The van der Waals surface area contributed by atoms with Crippen LogP contribution in [0.2, 0.25) is 0 Å². The Hall–Kier alpha value is -2.76. The summed E-state index contributed by atoms with van der Waals surface area (Å²) >= 11 is 0. The van der Waals surface area contributed by atoms with Gasteiger partial charge in [0.2, 0.25) is 6.79 Å². The van der Waals surface area contributed by atoms with E-state index >= 15 is 0 Å².